The molecule has 0 spiro atoms. The molecule has 0 nitrogen and oxygen atoms in total. The van der Waals surface area contributed by atoms with Gasteiger partial charge in [-0.2, -0.15) is 0 Å². The van der Waals surface area contributed by atoms with Crippen molar-refractivity contribution >= 4 is 21.6 Å². The standard InChI is InChI=1S/C8H16S2/c1-8(2,3)7-4-5-9-10-6-7/h7H,4-6H2,1-3H3. The molecule has 0 aromatic heterocycles. The highest BCUT2D eigenvalue weighted by molar-refractivity contribution is 8.76. The Labute approximate surface area is 71.9 Å². The van der Waals surface area contributed by atoms with Crippen LogP contribution in [0.15, 0.2) is 0 Å². The summed E-state index contributed by atoms with van der Waals surface area (Å²) in [4.78, 5) is 0. The lowest BCUT2D eigenvalue weighted by atomic mass is 9.80. The third-order valence-electron chi connectivity index (χ3n) is 2.13. The lowest BCUT2D eigenvalue weighted by molar-refractivity contribution is 0.261. The van der Waals surface area contributed by atoms with Crippen molar-refractivity contribution in [1.82, 2.24) is 0 Å². The van der Waals surface area contributed by atoms with Gasteiger partial charge in [-0.3, -0.25) is 0 Å². The number of hydrogen-bond acceptors (Lipinski definition) is 2. The Morgan fingerprint density at radius 1 is 1.20 bits per heavy atom. The van der Waals surface area contributed by atoms with Gasteiger partial charge in [0.2, 0.25) is 0 Å². The van der Waals surface area contributed by atoms with Crippen molar-refractivity contribution in [2.45, 2.75) is 27.2 Å². The summed E-state index contributed by atoms with van der Waals surface area (Å²) in [5.41, 5.74) is 0.536. The van der Waals surface area contributed by atoms with Crippen LogP contribution in [0.1, 0.15) is 27.2 Å². The molecule has 1 atom stereocenters. The van der Waals surface area contributed by atoms with Crippen molar-refractivity contribution < 1.29 is 0 Å². The van der Waals surface area contributed by atoms with Gasteiger partial charge in [0.1, 0.15) is 0 Å². The van der Waals surface area contributed by atoms with E-state index in [9.17, 15) is 0 Å². The third-order valence-corrected chi connectivity index (χ3v) is 4.64. The molecule has 1 saturated heterocycles. The van der Waals surface area contributed by atoms with Crippen molar-refractivity contribution in [1.29, 1.82) is 0 Å². The first-order valence-corrected chi connectivity index (χ1v) is 6.34. The lowest BCUT2D eigenvalue weighted by Crippen LogP contribution is -2.24. The Morgan fingerprint density at radius 2 is 1.90 bits per heavy atom. The molecule has 1 heterocycles. The predicted octanol–water partition coefficient (Wildman–Crippen LogP) is 3.43. The van der Waals surface area contributed by atoms with Crippen LogP contribution in [0.25, 0.3) is 0 Å². The van der Waals surface area contributed by atoms with Crippen LogP contribution in [0.4, 0.5) is 0 Å². The molecule has 0 aromatic carbocycles. The van der Waals surface area contributed by atoms with Crippen molar-refractivity contribution in [2.75, 3.05) is 11.5 Å². The molecule has 0 aliphatic carbocycles. The highest BCUT2D eigenvalue weighted by Gasteiger charge is 2.26. The minimum atomic E-state index is 0.536. The summed E-state index contributed by atoms with van der Waals surface area (Å²) >= 11 is 0. The van der Waals surface area contributed by atoms with Gasteiger partial charge in [-0.1, -0.05) is 42.4 Å². The second-order valence-corrected chi connectivity index (χ2v) is 6.59. The van der Waals surface area contributed by atoms with Crippen LogP contribution in [0.2, 0.25) is 0 Å². The first kappa shape index (κ1) is 8.79. The Bertz CT molecular complexity index is 98.3. The molecule has 1 fully saturated rings. The average molecular weight is 176 g/mol. The quantitative estimate of drug-likeness (QED) is 0.519. The third kappa shape index (κ3) is 2.39. The summed E-state index contributed by atoms with van der Waals surface area (Å²) in [5, 5.41) is 0. The first-order valence-electron chi connectivity index (χ1n) is 3.85. The van der Waals surface area contributed by atoms with Gasteiger partial charge in [-0.15, -0.1) is 0 Å². The molecule has 1 aliphatic rings. The zero-order valence-electron chi connectivity index (χ0n) is 7.02. The molecule has 0 aromatic rings. The molecule has 0 N–H and O–H groups in total. The molecule has 0 radical (unpaired) electrons. The fraction of sp³-hybridized carbons (Fsp3) is 1.00. The molecule has 0 amide bonds. The van der Waals surface area contributed by atoms with Crippen LogP contribution in [0, 0.1) is 11.3 Å². The molecule has 60 valence electrons. The average Bonchev–Trinajstić information content (AvgIpc) is 1.88. The minimum Gasteiger partial charge on any atom is -0.0941 e. The van der Waals surface area contributed by atoms with Crippen LogP contribution >= 0.6 is 21.6 Å². The monoisotopic (exact) mass is 176 g/mol. The number of hydrogen-bond donors (Lipinski definition) is 0. The van der Waals surface area contributed by atoms with E-state index in [1.54, 1.807) is 0 Å². The van der Waals surface area contributed by atoms with Gasteiger partial charge in [0.05, 0.1) is 0 Å². The van der Waals surface area contributed by atoms with Crippen LogP contribution in [-0.2, 0) is 0 Å². The Hall–Kier alpha value is 0.700. The summed E-state index contributed by atoms with van der Waals surface area (Å²) in [6.07, 6.45) is 1.42. The molecule has 1 aliphatic heterocycles. The maximum atomic E-state index is 2.36. The topological polar surface area (TPSA) is 0 Å². The van der Waals surface area contributed by atoms with Crippen molar-refractivity contribution in [3.05, 3.63) is 0 Å². The normalized spacial score (nSPS) is 28.5. The zero-order valence-corrected chi connectivity index (χ0v) is 8.65. The second-order valence-electron chi connectivity index (χ2n) is 3.96. The first-order chi connectivity index (χ1) is 4.61. The van der Waals surface area contributed by atoms with Crippen molar-refractivity contribution in [3.63, 3.8) is 0 Å². The van der Waals surface area contributed by atoms with Crippen molar-refractivity contribution in [3.8, 4) is 0 Å². The van der Waals surface area contributed by atoms with E-state index < -0.39 is 0 Å². The van der Waals surface area contributed by atoms with Crippen LogP contribution in [0.5, 0.6) is 0 Å². The van der Waals surface area contributed by atoms with Gasteiger partial charge in [-0.25, -0.2) is 0 Å². The van der Waals surface area contributed by atoms with Gasteiger partial charge < -0.3 is 0 Å². The van der Waals surface area contributed by atoms with Crippen LogP contribution in [0.3, 0.4) is 0 Å². The van der Waals surface area contributed by atoms with Gasteiger partial charge >= 0.3 is 0 Å². The second kappa shape index (κ2) is 3.40. The van der Waals surface area contributed by atoms with E-state index in [1.807, 2.05) is 21.6 Å². The molecule has 1 unspecified atom stereocenters. The highest BCUT2D eigenvalue weighted by Crippen LogP contribution is 2.40. The molecule has 0 bridgehead atoms. The molecular formula is C8H16S2. The summed E-state index contributed by atoms with van der Waals surface area (Å²) in [7, 11) is 4.08. The largest absolute Gasteiger partial charge is 0.0941 e. The molecular weight excluding hydrogens is 160 g/mol. The molecule has 1 rings (SSSR count). The fourth-order valence-corrected chi connectivity index (χ4v) is 4.00. The summed E-state index contributed by atoms with van der Waals surface area (Å²) < 4.78 is 0. The Balaban J connectivity index is 2.39. The zero-order chi connectivity index (χ0) is 7.61. The van der Waals surface area contributed by atoms with Crippen molar-refractivity contribution in [2.24, 2.45) is 11.3 Å². The minimum absolute atomic E-state index is 0.536. The highest BCUT2D eigenvalue weighted by atomic mass is 33.1. The Kier molecular flexibility index (Phi) is 2.99. The predicted molar refractivity (Wildman–Crippen MR) is 52.5 cm³/mol. The molecule has 2 heteroatoms. The summed E-state index contributed by atoms with van der Waals surface area (Å²) in [5.74, 6) is 3.65. The van der Waals surface area contributed by atoms with E-state index in [0.717, 1.165) is 5.92 Å². The van der Waals surface area contributed by atoms with Crippen LogP contribution < -0.4 is 0 Å². The smallest absolute Gasteiger partial charge is 0.00706 e. The lowest BCUT2D eigenvalue weighted by Gasteiger charge is -2.32. The Morgan fingerprint density at radius 3 is 2.20 bits per heavy atom. The number of rotatable bonds is 0. The van der Waals surface area contributed by atoms with Gasteiger partial charge in [-0.05, 0) is 17.8 Å². The van der Waals surface area contributed by atoms with Gasteiger partial charge in [0.15, 0.2) is 0 Å². The SMILES string of the molecule is CC(C)(C)C1CCSSC1. The van der Waals surface area contributed by atoms with Gasteiger partial charge in [0.25, 0.3) is 0 Å². The van der Waals surface area contributed by atoms with E-state index >= 15 is 0 Å². The van der Waals surface area contributed by atoms with E-state index in [0.29, 0.717) is 5.41 Å². The maximum absolute atomic E-state index is 2.36. The van der Waals surface area contributed by atoms with E-state index in [2.05, 4.69) is 20.8 Å². The van der Waals surface area contributed by atoms with E-state index in [-0.39, 0.29) is 0 Å². The van der Waals surface area contributed by atoms with Gasteiger partial charge in [0, 0.05) is 11.5 Å². The maximum Gasteiger partial charge on any atom is 0.00706 e. The fourth-order valence-electron chi connectivity index (χ4n) is 1.15. The van der Waals surface area contributed by atoms with E-state index in [1.165, 1.54) is 17.9 Å². The summed E-state index contributed by atoms with van der Waals surface area (Å²) in [6, 6.07) is 0. The van der Waals surface area contributed by atoms with Crippen LogP contribution in [-0.4, -0.2) is 11.5 Å². The molecule has 10 heavy (non-hydrogen) atoms. The molecule has 0 saturated carbocycles. The van der Waals surface area contributed by atoms with E-state index in [4.69, 9.17) is 0 Å². The summed E-state index contributed by atoms with van der Waals surface area (Å²) in [6.45, 7) is 7.07.